The Bertz CT molecular complexity index is 275. The highest BCUT2D eigenvalue weighted by Crippen LogP contribution is 2.13. The Balaban J connectivity index is 3.02. The third-order valence-electron chi connectivity index (χ3n) is 4.63. The van der Waals surface area contributed by atoms with Gasteiger partial charge in [0.1, 0.15) is 0 Å². The van der Waals surface area contributed by atoms with Crippen molar-refractivity contribution in [2.45, 2.75) is 110 Å². The number of rotatable bonds is 19. The molecule has 0 aromatic carbocycles. The van der Waals surface area contributed by atoms with E-state index in [4.69, 9.17) is 4.74 Å². The molecular formula is C21H43NO2S. The maximum atomic E-state index is 11.1. The molecule has 0 saturated carbocycles. The van der Waals surface area contributed by atoms with E-state index in [0.29, 0.717) is 6.61 Å². The van der Waals surface area contributed by atoms with Crippen LogP contribution in [0, 0.1) is 0 Å². The smallest absolute Gasteiger partial charge is 0.407 e. The van der Waals surface area contributed by atoms with Crippen molar-refractivity contribution in [3.05, 3.63) is 0 Å². The van der Waals surface area contributed by atoms with E-state index in [1.54, 1.807) is 0 Å². The Hall–Kier alpha value is -0.380. The molecule has 0 rings (SSSR count). The lowest BCUT2D eigenvalue weighted by atomic mass is 10.0. The molecule has 0 bridgehead atoms. The van der Waals surface area contributed by atoms with Crippen molar-refractivity contribution >= 4 is 18.7 Å². The minimum Gasteiger partial charge on any atom is -0.450 e. The van der Waals surface area contributed by atoms with Crippen LogP contribution in [-0.2, 0) is 4.74 Å². The maximum Gasteiger partial charge on any atom is 0.407 e. The fourth-order valence-electron chi connectivity index (χ4n) is 3.08. The monoisotopic (exact) mass is 373 g/mol. The lowest BCUT2D eigenvalue weighted by Crippen LogP contribution is -2.25. The van der Waals surface area contributed by atoms with Crippen LogP contribution in [0.1, 0.15) is 110 Å². The van der Waals surface area contributed by atoms with Crippen LogP contribution in [0.3, 0.4) is 0 Å². The second-order valence-electron chi connectivity index (χ2n) is 7.03. The fourth-order valence-corrected chi connectivity index (χ4v) is 3.31. The Morgan fingerprint density at radius 1 is 0.680 bits per heavy atom. The third kappa shape index (κ3) is 21.6. The molecule has 0 fully saturated rings. The maximum absolute atomic E-state index is 11.1. The highest BCUT2D eigenvalue weighted by Gasteiger charge is 1.98. The molecule has 4 heteroatoms. The lowest BCUT2D eigenvalue weighted by Gasteiger charge is -2.05. The summed E-state index contributed by atoms with van der Waals surface area (Å²) in [5, 5.41) is 2.77. The Kier molecular flexibility index (Phi) is 21.3. The summed E-state index contributed by atoms with van der Waals surface area (Å²) in [5.41, 5.74) is 0. The summed E-state index contributed by atoms with van der Waals surface area (Å²) in [4.78, 5) is 11.1. The van der Waals surface area contributed by atoms with E-state index in [9.17, 15) is 4.79 Å². The molecule has 0 radical (unpaired) electrons. The molecule has 150 valence electrons. The Labute approximate surface area is 162 Å². The fraction of sp³-hybridized carbons (Fsp3) is 0.952. The molecule has 0 atom stereocenters. The van der Waals surface area contributed by atoms with Gasteiger partial charge in [-0.05, 0) is 25.5 Å². The first-order valence-electron chi connectivity index (χ1n) is 10.8. The minimum absolute atomic E-state index is 0.281. The van der Waals surface area contributed by atoms with Crippen LogP contribution in [0.25, 0.3) is 0 Å². The van der Waals surface area contributed by atoms with E-state index in [1.165, 1.54) is 96.3 Å². The van der Waals surface area contributed by atoms with Gasteiger partial charge in [-0.2, -0.15) is 12.6 Å². The van der Waals surface area contributed by atoms with E-state index in [-0.39, 0.29) is 6.09 Å². The van der Waals surface area contributed by atoms with Gasteiger partial charge in [-0.3, -0.25) is 0 Å². The van der Waals surface area contributed by atoms with E-state index in [0.717, 1.165) is 18.7 Å². The molecule has 3 nitrogen and oxygen atoms in total. The summed E-state index contributed by atoms with van der Waals surface area (Å²) < 4.78 is 4.82. The van der Waals surface area contributed by atoms with Gasteiger partial charge in [-0.15, -0.1) is 0 Å². The summed E-state index contributed by atoms with van der Waals surface area (Å²) in [6, 6.07) is 0. The van der Waals surface area contributed by atoms with Gasteiger partial charge in [0, 0.05) is 6.54 Å². The first kappa shape index (κ1) is 24.6. The Morgan fingerprint density at radius 3 is 1.40 bits per heavy atom. The number of hydrogen-bond acceptors (Lipinski definition) is 3. The van der Waals surface area contributed by atoms with Crippen molar-refractivity contribution in [3.63, 3.8) is 0 Å². The summed E-state index contributed by atoms with van der Waals surface area (Å²) in [5.74, 6) is 1.05. The van der Waals surface area contributed by atoms with Crippen LogP contribution < -0.4 is 5.32 Å². The van der Waals surface area contributed by atoms with E-state index < -0.39 is 0 Å². The average Bonchev–Trinajstić information content (AvgIpc) is 2.61. The summed E-state index contributed by atoms with van der Waals surface area (Å²) >= 11 is 4.25. The van der Waals surface area contributed by atoms with Crippen LogP contribution in [-0.4, -0.2) is 25.0 Å². The molecule has 0 aliphatic heterocycles. The van der Waals surface area contributed by atoms with Crippen molar-refractivity contribution < 1.29 is 9.53 Å². The van der Waals surface area contributed by atoms with Crippen molar-refractivity contribution in [2.24, 2.45) is 0 Å². The molecule has 1 N–H and O–H groups in total. The standard InChI is InChI=1S/C21H43NO2S/c1-2-24-21(23)22-19-17-15-13-11-9-7-5-3-4-6-8-10-12-14-16-18-20-25/h25H,2-20H2,1H3,(H,22,23). The quantitative estimate of drug-likeness (QED) is 0.191. The number of ether oxygens (including phenoxy) is 1. The van der Waals surface area contributed by atoms with Crippen molar-refractivity contribution in [3.8, 4) is 0 Å². The van der Waals surface area contributed by atoms with Gasteiger partial charge in [-0.25, -0.2) is 4.79 Å². The molecule has 0 spiro atoms. The predicted molar refractivity (Wildman–Crippen MR) is 113 cm³/mol. The molecule has 0 aromatic rings. The lowest BCUT2D eigenvalue weighted by molar-refractivity contribution is 0.152. The van der Waals surface area contributed by atoms with Gasteiger partial charge in [0.15, 0.2) is 0 Å². The normalized spacial score (nSPS) is 10.8. The van der Waals surface area contributed by atoms with Gasteiger partial charge in [0.25, 0.3) is 0 Å². The van der Waals surface area contributed by atoms with Crippen LogP contribution >= 0.6 is 12.6 Å². The van der Waals surface area contributed by atoms with Crippen molar-refractivity contribution in [1.82, 2.24) is 5.32 Å². The van der Waals surface area contributed by atoms with Gasteiger partial charge in [0.2, 0.25) is 0 Å². The largest absolute Gasteiger partial charge is 0.450 e. The topological polar surface area (TPSA) is 38.3 Å². The SMILES string of the molecule is CCOC(=O)NCCCCCCCCCCCCCCCCCCS. The number of thiol groups is 1. The van der Waals surface area contributed by atoms with Crippen LogP contribution in [0.5, 0.6) is 0 Å². The van der Waals surface area contributed by atoms with E-state index in [1.807, 2.05) is 6.92 Å². The van der Waals surface area contributed by atoms with Crippen LogP contribution in [0.15, 0.2) is 0 Å². The van der Waals surface area contributed by atoms with E-state index in [2.05, 4.69) is 17.9 Å². The molecule has 0 saturated heterocycles. The van der Waals surface area contributed by atoms with Gasteiger partial charge < -0.3 is 10.1 Å². The first-order valence-corrected chi connectivity index (χ1v) is 11.5. The molecular weight excluding hydrogens is 330 g/mol. The summed E-state index contributed by atoms with van der Waals surface area (Å²) in [6.45, 7) is 3.02. The first-order chi connectivity index (χ1) is 12.3. The number of amides is 1. The number of hydrogen-bond donors (Lipinski definition) is 2. The highest BCUT2D eigenvalue weighted by atomic mass is 32.1. The second-order valence-corrected chi connectivity index (χ2v) is 7.47. The zero-order chi connectivity index (χ0) is 18.4. The van der Waals surface area contributed by atoms with E-state index >= 15 is 0 Å². The van der Waals surface area contributed by atoms with Gasteiger partial charge in [0.05, 0.1) is 6.61 Å². The number of unbranched alkanes of at least 4 members (excludes halogenated alkanes) is 15. The van der Waals surface area contributed by atoms with Crippen molar-refractivity contribution in [2.75, 3.05) is 18.9 Å². The summed E-state index contributed by atoms with van der Waals surface area (Å²) in [6.07, 6.45) is 21.4. The number of carbonyl (C=O) groups excluding carboxylic acids is 1. The molecule has 0 unspecified atom stereocenters. The highest BCUT2D eigenvalue weighted by molar-refractivity contribution is 7.80. The zero-order valence-corrected chi connectivity index (χ0v) is 17.6. The molecule has 25 heavy (non-hydrogen) atoms. The minimum atomic E-state index is -0.281. The number of alkyl carbamates (subject to hydrolysis) is 1. The Morgan fingerprint density at radius 2 is 1.04 bits per heavy atom. The van der Waals surface area contributed by atoms with Crippen molar-refractivity contribution in [1.29, 1.82) is 0 Å². The van der Waals surface area contributed by atoms with Gasteiger partial charge >= 0.3 is 6.09 Å². The summed E-state index contributed by atoms with van der Waals surface area (Å²) in [7, 11) is 0. The number of nitrogens with one attached hydrogen (secondary N) is 1. The zero-order valence-electron chi connectivity index (χ0n) is 16.7. The molecule has 0 aromatic heterocycles. The second kappa shape index (κ2) is 21.7. The molecule has 0 aliphatic rings. The van der Waals surface area contributed by atoms with Crippen LogP contribution in [0.4, 0.5) is 4.79 Å². The number of carbonyl (C=O) groups is 1. The predicted octanol–water partition coefficient (Wildman–Crippen LogP) is 6.90. The average molecular weight is 374 g/mol. The van der Waals surface area contributed by atoms with Crippen LogP contribution in [0.2, 0.25) is 0 Å². The molecule has 0 aliphatic carbocycles. The third-order valence-corrected chi connectivity index (χ3v) is 4.95. The molecule has 1 amide bonds. The van der Waals surface area contributed by atoms with Gasteiger partial charge in [-0.1, -0.05) is 89.9 Å². The molecule has 0 heterocycles.